The van der Waals surface area contributed by atoms with Crippen molar-refractivity contribution >= 4 is 23.6 Å². The predicted molar refractivity (Wildman–Crippen MR) is 173 cm³/mol. The molecule has 1 atom stereocenters. The van der Waals surface area contributed by atoms with Crippen molar-refractivity contribution in [3.05, 3.63) is 86.2 Å². The zero-order valence-electron chi connectivity index (χ0n) is 26.2. The lowest BCUT2D eigenvalue weighted by Crippen LogP contribution is -2.33. The van der Waals surface area contributed by atoms with Gasteiger partial charge in [-0.2, -0.15) is 4.98 Å². The van der Waals surface area contributed by atoms with Crippen LogP contribution in [0.1, 0.15) is 100 Å². The van der Waals surface area contributed by atoms with Crippen molar-refractivity contribution < 1.29 is 19.1 Å². The summed E-state index contributed by atoms with van der Waals surface area (Å²) in [7, 11) is 1.75. The summed E-state index contributed by atoms with van der Waals surface area (Å²) in [5.74, 6) is -2.27. The van der Waals surface area contributed by atoms with Crippen LogP contribution in [-0.2, 0) is 21.9 Å². The van der Waals surface area contributed by atoms with Crippen LogP contribution in [-0.4, -0.2) is 55.0 Å². The molecule has 0 spiro atoms. The minimum atomic E-state index is -1.15. The zero-order chi connectivity index (χ0) is 32.6. The highest BCUT2D eigenvalue weighted by molar-refractivity contribution is 7.98. The second kappa shape index (κ2) is 18.9. The van der Waals surface area contributed by atoms with Crippen molar-refractivity contribution in [1.82, 2.24) is 24.4 Å². The van der Waals surface area contributed by atoms with E-state index in [0.717, 1.165) is 24.8 Å². The number of aromatic nitrogens is 4. The van der Waals surface area contributed by atoms with E-state index < -0.39 is 29.6 Å². The van der Waals surface area contributed by atoms with E-state index in [0.29, 0.717) is 17.9 Å². The lowest BCUT2D eigenvalue weighted by Gasteiger charge is -2.21. The van der Waals surface area contributed by atoms with Crippen molar-refractivity contribution in [3.8, 4) is 0 Å². The Morgan fingerprint density at radius 3 is 2.27 bits per heavy atom. The fourth-order valence-electron chi connectivity index (χ4n) is 5.04. The van der Waals surface area contributed by atoms with Crippen LogP contribution in [0, 0.1) is 5.82 Å². The number of nitrogens with zero attached hydrogens (tertiary/aromatic N) is 4. The quantitative estimate of drug-likeness (QED) is 0.0905. The van der Waals surface area contributed by atoms with Gasteiger partial charge < -0.3 is 19.6 Å². The van der Waals surface area contributed by atoms with E-state index in [2.05, 4.69) is 21.9 Å². The number of aromatic amines is 1. The molecule has 2 heterocycles. The van der Waals surface area contributed by atoms with Gasteiger partial charge >= 0.3 is 11.7 Å². The smallest absolute Gasteiger partial charge is 0.344 e. The van der Waals surface area contributed by atoms with Crippen molar-refractivity contribution in [2.45, 2.75) is 101 Å². The molecule has 0 saturated heterocycles. The Kier molecular flexibility index (Phi) is 15.0. The van der Waals surface area contributed by atoms with Gasteiger partial charge in [0.25, 0.3) is 5.56 Å². The van der Waals surface area contributed by atoms with Gasteiger partial charge in [0, 0.05) is 49.4 Å². The molecule has 0 aliphatic heterocycles. The van der Waals surface area contributed by atoms with Gasteiger partial charge in [-0.3, -0.25) is 14.4 Å². The summed E-state index contributed by atoms with van der Waals surface area (Å²) >= 11 is 1.22. The van der Waals surface area contributed by atoms with Crippen LogP contribution >= 0.6 is 11.8 Å². The molecule has 2 aromatic heterocycles. The summed E-state index contributed by atoms with van der Waals surface area (Å²) in [6.07, 6.45) is 15.6. The summed E-state index contributed by atoms with van der Waals surface area (Å²) in [5.41, 5.74) is -0.0386. The highest BCUT2D eigenvalue weighted by Crippen LogP contribution is 2.27. The maximum absolute atomic E-state index is 13.4. The number of amides is 1. The Morgan fingerprint density at radius 2 is 1.67 bits per heavy atom. The Hall–Kier alpha value is -3.80. The molecule has 10 nitrogen and oxygen atoms in total. The second-order valence-corrected chi connectivity index (χ2v) is 12.3. The molecule has 2 N–H and O–H groups in total. The Balaban J connectivity index is 1.74. The number of rotatable bonds is 20. The van der Waals surface area contributed by atoms with Crippen LogP contribution in [0.2, 0.25) is 0 Å². The van der Waals surface area contributed by atoms with Crippen molar-refractivity contribution in [2.75, 3.05) is 13.6 Å². The summed E-state index contributed by atoms with van der Waals surface area (Å²) in [5, 5.41) is 9.88. The molecule has 3 rings (SSSR count). The lowest BCUT2D eigenvalue weighted by molar-refractivity contribution is -0.137. The number of hydrogen-bond acceptors (Lipinski definition) is 7. The van der Waals surface area contributed by atoms with Gasteiger partial charge in [0.15, 0.2) is 5.16 Å². The molecule has 45 heavy (non-hydrogen) atoms. The average Bonchev–Trinajstić information content (AvgIpc) is 3.01. The van der Waals surface area contributed by atoms with Crippen LogP contribution < -0.4 is 11.2 Å². The zero-order valence-corrected chi connectivity index (χ0v) is 27.0. The third kappa shape index (κ3) is 12.3. The Labute approximate surface area is 267 Å². The van der Waals surface area contributed by atoms with Gasteiger partial charge in [-0.05, 0) is 29.7 Å². The summed E-state index contributed by atoms with van der Waals surface area (Å²) in [4.78, 5) is 61.9. The van der Waals surface area contributed by atoms with Gasteiger partial charge in [-0.1, -0.05) is 88.6 Å². The molecule has 3 aromatic rings. The maximum atomic E-state index is 13.4. The highest BCUT2D eigenvalue weighted by atomic mass is 32.2. The van der Waals surface area contributed by atoms with E-state index in [1.54, 1.807) is 28.6 Å². The van der Waals surface area contributed by atoms with E-state index >= 15 is 0 Å². The van der Waals surface area contributed by atoms with Crippen LogP contribution in [0.3, 0.4) is 0 Å². The van der Waals surface area contributed by atoms with E-state index in [4.69, 9.17) is 0 Å². The first kappa shape index (κ1) is 35.7. The number of unbranched alkanes of at least 4 members (excludes halogenated alkanes) is 9. The van der Waals surface area contributed by atoms with Crippen LogP contribution in [0.4, 0.5) is 4.39 Å². The largest absolute Gasteiger partial charge is 0.481 e. The number of aliphatic carboxylic acids is 1. The molecule has 0 radical (unpaired) electrons. The molecule has 0 bridgehead atoms. The normalized spacial score (nSPS) is 11.8. The Bertz CT molecular complexity index is 1470. The number of carboxylic acids is 1. The van der Waals surface area contributed by atoms with E-state index in [1.807, 2.05) is 0 Å². The van der Waals surface area contributed by atoms with Gasteiger partial charge in [-0.15, -0.1) is 0 Å². The number of nitrogens with one attached hydrogen (secondary N) is 1. The fourth-order valence-corrected chi connectivity index (χ4v) is 5.96. The number of likely N-dealkylation sites (N-methyl/N-ethyl adjacent to an activating group) is 1. The van der Waals surface area contributed by atoms with Gasteiger partial charge in [0.1, 0.15) is 12.4 Å². The van der Waals surface area contributed by atoms with Crippen LogP contribution in [0.25, 0.3) is 0 Å². The number of carbonyl (C=O) groups is 2. The number of carboxylic acid groups (broad SMARTS) is 1. The first-order chi connectivity index (χ1) is 21.7. The first-order valence-electron chi connectivity index (χ1n) is 15.7. The first-order valence-corrected chi connectivity index (χ1v) is 16.7. The van der Waals surface area contributed by atoms with E-state index in [-0.39, 0.29) is 29.0 Å². The molecular weight excluding hydrogens is 597 g/mol. The molecule has 244 valence electrons. The number of H-pyrrole nitrogens is 1. The highest BCUT2D eigenvalue weighted by Gasteiger charge is 2.24. The van der Waals surface area contributed by atoms with Gasteiger partial charge in [0.2, 0.25) is 5.91 Å². The fraction of sp³-hybridized carbons (Fsp3) is 0.515. The molecule has 12 heteroatoms. The predicted octanol–water partition coefficient (Wildman–Crippen LogP) is 5.74. The molecule has 1 aromatic carbocycles. The van der Waals surface area contributed by atoms with Crippen molar-refractivity contribution in [1.29, 1.82) is 0 Å². The molecule has 1 amide bonds. The van der Waals surface area contributed by atoms with Gasteiger partial charge in [-0.25, -0.2) is 14.2 Å². The van der Waals surface area contributed by atoms with E-state index in [9.17, 15) is 28.7 Å². The third-order valence-corrected chi connectivity index (χ3v) is 8.76. The average molecular weight is 642 g/mol. The minimum Gasteiger partial charge on any atom is -0.481 e. The summed E-state index contributed by atoms with van der Waals surface area (Å²) < 4.78 is 15.0. The second-order valence-electron chi connectivity index (χ2n) is 11.3. The maximum Gasteiger partial charge on any atom is 0.344 e. The SMILES string of the molecule is CCCCCCCCCCCCN(C)C(=O)Cn1cc(C(CC(=O)O)c2cnc(=O)[nH]c2)c(=O)nc1SCc1ccc(F)cc1. The van der Waals surface area contributed by atoms with E-state index in [1.165, 1.54) is 87.4 Å². The van der Waals surface area contributed by atoms with Crippen molar-refractivity contribution in [2.24, 2.45) is 0 Å². The standard InChI is InChI=1S/C33H44FN5O5S/c1-3-4-5-6-7-8-9-10-11-12-17-38(2)29(40)22-39-21-28(27(18-30(41)42)25-19-35-32(44)36-20-25)31(43)37-33(39)45-23-24-13-15-26(34)16-14-24/h13-16,19-21,27H,3-12,17-18,22-23H2,1-2H3,(H,41,42)(H,35,36,44). The number of benzene rings is 1. The lowest BCUT2D eigenvalue weighted by atomic mass is 9.92. The van der Waals surface area contributed by atoms with Crippen molar-refractivity contribution in [3.63, 3.8) is 0 Å². The summed E-state index contributed by atoms with van der Waals surface area (Å²) in [6.45, 7) is 2.71. The topological polar surface area (TPSA) is 138 Å². The number of halogens is 1. The molecular formula is C33H44FN5O5S. The summed E-state index contributed by atoms with van der Waals surface area (Å²) in [6, 6.07) is 5.97. The molecule has 0 aliphatic carbocycles. The third-order valence-electron chi connectivity index (χ3n) is 7.69. The molecule has 0 fully saturated rings. The Morgan fingerprint density at radius 1 is 1.02 bits per heavy atom. The molecule has 0 saturated carbocycles. The van der Waals surface area contributed by atoms with Crippen LogP contribution in [0.5, 0.6) is 0 Å². The van der Waals surface area contributed by atoms with Gasteiger partial charge in [0.05, 0.1) is 6.42 Å². The monoisotopic (exact) mass is 641 g/mol. The van der Waals surface area contributed by atoms with Crippen LogP contribution in [0.15, 0.2) is 57.6 Å². The number of hydrogen-bond donors (Lipinski definition) is 2. The molecule has 1 unspecified atom stereocenters. The minimum absolute atomic E-state index is 0.0718. The molecule has 0 aliphatic rings. The number of carbonyl (C=O) groups excluding carboxylic acids is 1. The number of thioether (sulfide) groups is 1.